The first-order valence-corrected chi connectivity index (χ1v) is 10.3. The van der Waals surface area contributed by atoms with E-state index < -0.39 is 20.7 Å². The molecule has 0 radical (unpaired) electrons. The van der Waals surface area contributed by atoms with Crippen LogP contribution in [0.5, 0.6) is 0 Å². The molecule has 0 bridgehead atoms. The van der Waals surface area contributed by atoms with Crippen LogP contribution < -0.4 is 0 Å². The van der Waals surface area contributed by atoms with Crippen LogP contribution in [0.15, 0.2) is 0 Å². The van der Waals surface area contributed by atoms with E-state index in [1.807, 2.05) is 19.6 Å². The van der Waals surface area contributed by atoms with Crippen LogP contribution in [0, 0.1) is 0 Å². The highest BCUT2D eigenvalue weighted by Crippen LogP contribution is 2.12. The van der Waals surface area contributed by atoms with E-state index in [2.05, 4.69) is 0 Å². The molecule has 0 aromatic heterocycles. The zero-order valence-electron chi connectivity index (χ0n) is 10.2. The summed E-state index contributed by atoms with van der Waals surface area (Å²) in [5.41, 5.74) is 0. The fourth-order valence-electron chi connectivity index (χ4n) is 1.00. The molecule has 4 nitrogen and oxygen atoms in total. The standard InChI is InChI=1S/C9H24O4Si2/c1-15(2,3)13-9(8(11)7-10)12-5-4-6-14/h8-11H,4-7H2,1-3,14H3. The Bertz CT molecular complexity index is 161. The third-order valence-corrected chi connectivity index (χ3v) is 3.40. The van der Waals surface area contributed by atoms with Gasteiger partial charge in [0.05, 0.1) is 6.61 Å². The molecule has 6 heteroatoms. The maximum Gasteiger partial charge on any atom is 0.187 e. The van der Waals surface area contributed by atoms with Gasteiger partial charge in [0, 0.05) is 16.8 Å². The van der Waals surface area contributed by atoms with Gasteiger partial charge in [0.15, 0.2) is 14.6 Å². The highest BCUT2D eigenvalue weighted by atomic mass is 28.4. The van der Waals surface area contributed by atoms with Crippen molar-refractivity contribution in [3.05, 3.63) is 0 Å². The first kappa shape index (κ1) is 15.3. The summed E-state index contributed by atoms with van der Waals surface area (Å²) in [7, 11) is -0.582. The first-order valence-electron chi connectivity index (χ1n) is 5.49. The van der Waals surface area contributed by atoms with Gasteiger partial charge in [-0.15, -0.1) is 0 Å². The second kappa shape index (κ2) is 7.53. The van der Waals surface area contributed by atoms with Crippen LogP contribution in [0.3, 0.4) is 0 Å². The van der Waals surface area contributed by atoms with Gasteiger partial charge in [0.2, 0.25) is 0 Å². The summed E-state index contributed by atoms with van der Waals surface area (Å²) in [5, 5.41) is 18.4. The maximum absolute atomic E-state index is 9.51. The maximum atomic E-state index is 9.51. The SMILES string of the molecule is C[Si](C)(C)OC(OCCC[SiH3])C(O)CO. The number of hydrogen-bond acceptors (Lipinski definition) is 4. The lowest BCUT2D eigenvalue weighted by Crippen LogP contribution is -2.42. The van der Waals surface area contributed by atoms with Crippen LogP contribution in [0.1, 0.15) is 6.42 Å². The van der Waals surface area contributed by atoms with Crippen LogP contribution in [-0.4, -0.2) is 54.4 Å². The molecule has 2 atom stereocenters. The smallest absolute Gasteiger partial charge is 0.187 e. The van der Waals surface area contributed by atoms with Crippen molar-refractivity contribution >= 4 is 18.6 Å². The Labute approximate surface area is 96.1 Å². The van der Waals surface area contributed by atoms with Gasteiger partial charge in [0.25, 0.3) is 0 Å². The average molecular weight is 252 g/mol. The Morgan fingerprint density at radius 2 is 1.93 bits per heavy atom. The molecule has 15 heavy (non-hydrogen) atoms. The molecule has 0 aliphatic carbocycles. The van der Waals surface area contributed by atoms with E-state index in [9.17, 15) is 5.11 Å². The van der Waals surface area contributed by atoms with E-state index >= 15 is 0 Å². The molecule has 0 aliphatic rings. The summed E-state index contributed by atoms with van der Waals surface area (Å²) in [6, 6.07) is 1.18. The zero-order valence-corrected chi connectivity index (χ0v) is 13.2. The van der Waals surface area contributed by atoms with E-state index in [1.54, 1.807) is 0 Å². The molecular weight excluding hydrogens is 228 g/mol. The highest BCUT2D eigenvalue weighted by molar-refractivity contribution is 6.69. The first-order chi connectivity index (χ1) is 6.90. The molecule has 2 N–H and O–H groups in total. The minimum Gasteiger partial charge on any atom is -0.393 e. The van der Waals surface area contributed by atoms with Crippen molar-refractivity contribution in [1.29, 1.82) is 0 Å². The van der Waals surface area contributed by atoms with E-state index in [1.165, 1.54) is 6.04 Å². The van der Waals surface area contributed by atoms with Gasteiger partial charge in [-0.3, -0.25) is 0 Å². The predicted octanol–water partition coefficient (Wildman–Crippen LogP) is -0.292. The Balaban J connectivity index is 4.07. The van der Waals surface area contributed by atoms with Gasteiger partial charge in [-0.1, -0.05) is 6.04 Å². The van der Waals surface area contributed by atoms with Crippen molar-refractivity contribution in [1.82, 2.24) is 0 Å². The summed E-state index contributed by atoms with van der Waals surface area (Å²) >= 11 is 0. The molecule has 92 valence electrons. The Kier molecular flexibility index (Phi) is 7.67. The van der Waals surface area contributed by atoms with Gasteiger partial charge < -0.3 is 19.4 Å². The fraction of sp³-hybridized carbons (Fsp3) is 1.00. The largest absolute Gasteiger partial charge is 0.393 e. The zero-order chi connectivity index (χ0) is 11.9. The Hall–Kier alpha value is 0.274. The van der Waals surface area contributed by atoms with Crippen molar-refractivity contribution in [2.75, 3.05) is 13.2 Å². The topological polar surface area (TPSA) is 58.9 Å². The Morgan fingerprint density at radius 3 is 2.33 bits per heavy atom. The van der Waals surface area contributed by atoms with Crippen molar-refractivity contribution in [3.63, 3.8) is 0 Å². The van der Waals surface area contributed by atoms with Crippen molar-refractivity contribution < 1.29 is 19.4 Å². The summed E-state index contributed by atoms with van der Waals surface area (Å²) in [6.45, 7) is 6.35. The number of rotatable bonds is 8. The van der Waals surface area contributed by atoms with E-state index in [0.717, 1.165) is 16.7 Å². The molecule has 0 amide bonds. The highest BCUT2D eigenvalue weighted by Gasteiger charge is 2.26. The number of hydrogen-bond donors (Lipinski definition) is 2. The second-order valence-corrected chi connectivity index (χ2v) is 10.0. The fourth-order valence-corrected chi connectivity index (χ4v) is 2.21. The summed E-state index contributed by atoms with van der Waals surface area (Å²) in [5.74, 6) is 0. The molecule has 0 saturated carbocycles. The minimum atomic E-state index is -1.75. The predicted molar refractivity (Wildman–Crippen MR) is 66.6 cm³/mol. The molecule has 0 fully saturated rings. The van der Waals surface area contributed by atoms with Gasteiger partial charge in [-0.2, -0.15) is 0 Å². The molecule has 0 spiro atoms. The third-order valence-electron chi connectivity index (χ3n) is 1.75. The lowest BCUT2D eigenvalue weighted by atomic mass is 10.4. The molecule has 0 rings (SSSR count). The lowest BCUT2D eigenvalue weighted by molar-refractivity contribution is -0.159. The van der Waals surface area contributed by atoms with E-state index in [-0.39, 0.29) is 6.61 Å². The normalized spacial score (nSPS) is 16.6. The van der Waals surface area contributed by atoms with Gasteiger partial charge in [0.1, 0.15) is 6.10 Å². The number of aliphatic hydroxyl groups excluding tert-OH is 2. The molecule has 0 aromatic carbocycles. The van der Waals surface area contributed by atoms with Crippen LogP contribution in [0.25, 0.3) is 0 Å². The minimum absolute atomic E-state index is 0.323. The lowest BCUT2D eigenvalue weighted by Gasteiger charge is -2.29. The van der Waals surface area contributed by atoms with Crippen LogP contribution >= 0.6 is 0 Å². The Morgan fingerprint density at radius 1 is 1.33 bits per heavy atom. The third kappa shape index (κ3) is 8.12. The molecule has 0 saturated heterocycles. The van der Waals surface area contributed by atoms with Crippen molar-refractivity contribution in [2.24, 2.45) is 0 Å². The number of ether oxygens (including phenoxy) is 1. The monoisotopic (exact) mass is 252 g/mol. The van der Waals surface area contributed by atoms with Crippen LogP contribution in [-0.2, 0) is 9.16 Å². The molecule has 0 aromatic rings. The summed E-state index contributed by atoms with van der Waals surface area (Å²) in [6.07, 6.45) is -0.614. The quantitative estimate of drug-likeness (QED) is 0.354. The second-order valence-electron chi connectivity index (χ2n) is 4.57. The molecule has 2 unspecified atom stereocenters. The molecular formula is C9H24O4Si2. The number of aliphatic hydroxyl groups is 2. The van der Waals surface area contributed by atoms with Crippen molar-refractivity contribution in [3.8, 4) is 0 Å². The van der Waals surface area contributed by atoms with E-state index in [4.69, 9.17) is 14.3 Å². The van der Waals surface area contributed by atoms with Gasteiger partial charge >= 0.3 is 0 Å². The molecule has 0 aliphatic heterocycles. The molecule has 0 heterocycles. The summed E-state index contributed by atoms with van der Waals surface area (Å²) in [4.78, 5) is 0. The van der Waals surface area contributed by atoms with Crippen LogP contribution in [0.4, 0.5) is 0 Å². The van der Waals surface area contributed by atoms with Gasteiger partial charge in [-0.25, -0.2) is 0 Å². The van der Waals surface area contributed by atoms with Crippen LogP contribution in [0.2, 0.25) is 25.7 Å². The average Bonchev–Trinajstić information content (AvgIpc) is 2.13. The summed E-state index contributed by atoms with van der Waals surface area (Å²) < 4.78 is 11.1. The van der Waals surface area contributed by atoms with Gasteiger partial charge in [-0.05, 0) is 26.1 Å². The van der Waals surface area contributed by atoms with Crippen molar-refractivity contribution in [2.45, 2.75) is 44.5 Å². The van der Waals surface area contributed by atoms with E-state index in [0.29, 0.717) is 6.61 Å².